The van der Waals surface area contributed by atoms with Crippen LogP contribution in [0.4, 0.5) is 17.1 Å². The van der Waals surface area contributed by atoms with E-state index in [0.717, 1.165) is 22.0 Å². The highest BCUT2D eigenvalue weighted by molar-refractivity contribution is 9.10. The first-order valence-electron chi connectivity index (χ1n) is 10.8. The third-order valence-corrected chi connectivity index (χ3v) is 6.77. The van der Waals surface area contributed by atoms with Gasteiger partial charge in [0.2, 0.25) is 5.91 Å². The molecule has 2 amide bonds. The maximum atomic E-state index is 13.6. The standard InChI is InChI=1S/C25H20BrN3O5/c1-2-15-3-5-16(6-4-15)22-21-23(34-28(22)19-11-13-20(14-12-19)29(32)33)25(31)27(24(21)30)18-9-7-17(26)8-10-18/h3-14,21-23H,2H2,1H3/t21-,22+,23+/m0/s1. The summed E-state index contributed by atoms with van der Waals surface area (Å²) in [5.41, 5.74) is 2.92. The van der Waals surface area contributed by atoms with Gasteiger partial charge in [-0.2, -0.15) is 0 Å². The minimum Gasteiger partial charge on any atom is -0.273 e. The molecule has 0 bridgehead atoms. The van der Waals surface area contributed by atoms with Crippen LogP contribution in [-0.2, 0) is 20.8 Å². The van der Waals surface area contributed by atoms with Crippen LogP contribution in [0.2, 0.25) is 0 Å². The Kier molecular flexibility index (Phi) is 5.66. The molecule has 2 fully saturated rings. The van der Waals surface area contributed by atoms with Gasteiger partial charge >= 0.3 is 0 Å². The lowest BCUT2D eigenvalue weighted by atomic mass is 9.90. The Hall–Kier alpha value is -3.56. The normalized spacial score (nSPS) is 21.8. The molecule has 2 saturated heterocycles. The van der Waals surface area contributed by atoms with Crippen LogP contribution in [0.25, 0.3) is 0 Å². The van der Waals surface area contributed by atoms with Crippen molar-refractivity contribution in [3.05, 3.63) is 98.5 Å². The quantitative estimate of drug-likeness (QED) is 0.267. The van der Waals surface area contributed by atoms with Gasteiger partial charge in [-0.3, -0.25) is 24.5 Å². The molecule has 0 spiro atoms. The smallest absolute Gasteiger partial charge is 0.269 e. The van der Waals surface area contributed by atoms with Gasteiger partial charge in [-0.1, -0.05) is 47.1 Å². The van der Waals surface area contributed by atoms with Crippen LogP contribution in [0, 0.1) is 16.0 Å². The number of aryl methyl sites for hydroxylation is 1. The van der Waals surface area contributed by atoms with Gasteiger partial charge in [0.1, 0.15) is 5.92 Å². The zero-order chi connectivity index (χ0) is 24.0. The van der Waals surface area contributed by atoms with E-state index in [-0.39, 0.29) is 11.6 Å². The second-order valence-corrected chi connectivity index (χ2v) is 9.10. The first-order valence-corrected chi connectivity index (χ1v) is 11.6. The van der Waals surface area contributed by atoms with E-state index < -0.39 is 28.9 Å². The fourth-order valence-electron chi connectivity index (χ4n) is 4.49. The van der Waals surface area contributed by atoms with Gasteiger partial charge in [0, 0.05) is 16.6 Å². The molecule has 0 radical (unpaired) electrons. The summed E-state index contributed by atoms with van der Waals surface area (Å²) in [7, 11) is 0. The molecule has 2 aliphatic heterocycles. The van der Waals surface area contributed by atoms with Gasteiger partial charge in [0.15, 0.2) is 6.10 Å². The van der Waals surface area contributed by atoms with Crippen LogP contribution < -0.4 is 9.96 Å². The van der Waals surface area contributed by atoms with Gasteiger partial charge in [-0.05, 0) is 53.9 Å². The summed E-state index contributed by atoms with van der Waals surface area (Å²) < 4.78 is 0.838. The third-order valence-electron chi connectivity index (χ3n) is 6.24. The molecule has 9 heteroatoms. The van der Waals surface area contributed by atoms with E-state index in [0.29, 0.717) is 11.4 Å². The number of nitro benzene ring substituents is 1. The Morgan fingerprint density at radius 1 is 0.912 bits per heavy atom. The Labute approximate surface area is 204 Å². The minimum absolute atomic E-state index is 0.0550. The average Bonchev–Trinajstić information content (AvgIpc) is 3.36. The maximum absolute atomic E-state index is 13.6. The zero-order valence-corrected chi connectivity index (χ0v) is 19.7. The van der Waals surface area contributed by atoms with E-state index in [2.05, 4.69) is 22.9 Å². The molecule has 0 N–H and O–H groups in total. The number of amides is 2. The first kappa shape index (κ1) is 22.2. The van der Waals surface area contributed by atoms with E-state index in [4.69, 9.17) is 4.84 Å². The van der Waals surface area contributed by atoms with Crippen molar-refractivity contribution in [3.63, 3.8) is 0 Å². The first-order chi connectivity index (χ1) is 16.4. The van der Waals surface area contributed by atoms with Crippen molar-refractivity contribution in [2.45, 2.75) is 25.5 Å². The van der Waals surface area contributed by atoms with E-state index in [1.807, 2.05) is 24.3 Å². The summed E-state index contributed by atoms with van der Waals surface area (Å²) in [6.45, 7) is 2.06. The topological polar surface area (TPSA) is 93.0 Å². The van der Waals surface area contributed by atoms with Crippen molar-refractivity contribution in [1.82, 2.24) is 0 Å². The molecular formula is C25H20BrN3O5. The van der Waals surface area contributed by atoms with Crippen LogP contribution >= 0.6 is 15.9 Å². The minimum atomic E-state index is -0.998. The number of nitro groups is 1. The summed E-state index contributed by atoms with van der Waals surface area (Å²) in [5.74, 6) is -1.54. The number of hydrogen-bond acceptors (Lipinski definition) is 6. The summed E-state index contributed by atoms with van der Waals surface area (Å²) in [4.78, 5) is 44.8. The molecule has 2 aliphatic rings. The van der Waals surface area contributed by atoms with Gasteiger partial charge in [0.05, 0.1) is 22.3 Å². The van der Waals surface area contributed by atoms with Crippen molar-refractivity contribution in [2.24, 2.45) is 5.92 Å². The summed E-state index contributed by atoms with van der Waals surface area (Å²) >= 11 is 3.37. The lowest BCUT2D eigenvalue weighted by molar-refractivity contribution is -0.384. The Bertz CT molecular complexity index is 1260. The van der Waals surface area contributed by atoms with Gasteiger partial charge in [0.25, 0.3) is 11.6 Å². The summed E-state index contributed by atoms with van der Waals surface area (Å²) in [5, 5.41) is 12.6. The third kappa shape index (κ3) is 3.66. The molecule has 0 aliphatic carbocycles. The van der Waals surface area contributed by atoms with Crippen LogP contribution in [0.15, 0.2) is 77.3 Å². The molecule has 3 aromatic rings. The van der Waals surface area contributed by atoms with Crippen molar-refractivity contribution in [3.8, 4) is 0 Å². The number of hydroxylamine groups is 1. The number of nitrogens with zero attached hydrogens (tertiary/aromatic N) is 3. The fraction of sp³-hybridized carbons (Fsp3) is 0.200. The molecule has 3 aromatic carbocycles. The predicted octanol–water partition coefficient (Wildman–Crippen LogP) is 4.97. The molecule has 5 rings (SSSR count). The Balaban J connectivity index is 1.56. The highest BCUT2D eigenvalue weighted by Gasteiger charge is 2.60. The second kappa shape index (κ2) is 8.66. The lowest BCUT2D eigenvalue weighted by Crippen LogP contribution is -2.37. The van der Waals surface area contributed by atoms with E-state index in [1.165, 1.54) is 22.1 Å². The monoisotopic (exact) mass is 521 g/mol. The van der Waals surface area contributed by atoms with Crippen LogP contribution in [0.5, 0.6) is 0 Å². The number of imide groups is 1. The number of benzene rings is 3. The van der Waals surface area contributed by atoms with Gasteiger partial charge < -0.3 is 0 Å². The van der Waals surface area contributed by atoms with Crippen LogP contribution in [0.3, 0.4) is 0 Å². The molecule has 8 nitrogen and oxygen atoms in total. The summed E-state index contributed by atoms with van der Waals surface area (Å²) in [6, 6.07) is 20.1. The molecule has 0 aromatic heterocycles. The van der Waals surface area contributed by atoms with Crippen molar-refractivity contribution < 1.29 is 19.3 Å². The maximum Gasteiger partial charge on any atom is 0.269 e. The number of rotatable bonds is 5. The average molecular weight is 522 g/mol. The lowest BCUT2D eigenvalue weighted by Gasteiger charge is -2.28. The van der Waals surface area contributed by atoms with Gasteiger partial charge in [-0.15, -0.1) is 0 Å². The molecule has 3 atom stereocenters. The zero-order valence-electron chi connectivity index (χ0n) is 18.1. The van der Waals surface area contributed by atoms with E-state index in [1.54, 1.807) is 36.4 Å². The molecule has 0 saturated carbocycles. The van der Waals surface area contributed by atoms with Gasteiger partial charge in [-0.25, -0.2) is 9.96 Å². The molecule has 2 heterocycles. The van der Waals surface area contributed by atoms with Crippen molar-refractivity contribution in [1.29, 1.82) is 0 Å². The molecule has 34 heavy (non-hydrogen) atoms. The number of carbonyl (C=O) groups is 2. The SMILES string of the molecule is CCc1ccc([C@@H]2[C@@H]3C(=O)N(c4ccc(Br)cc4)C(=O)[C@@H]3ON2c2ccc([N+](=O)[O-])cc2)cc1. The van der Waals surface area contributed by atoms with Crippen molar-refractivity contribution in [2.75, 3.05) is 9.96 Å². The second-order valence-electron chi connectivity index (χ2n) is 8.18. The number of halogens is 1. The number of non-ortho nitro benzene ring substituents is 1. The summed E-state index contributed by atoms with van der Waals surface area (Å²) in [6.07, 6.45) is -0.129. The largest absolute Gasteiger partial charge is 0.273 e. The molecular weight excluding hydrogens is 502 g/mol. The number of anilines is 2. The number of carbonyl (C=O) groups excluding carboxylic acids is 2. The Morgan fingerprint density at radius 2 is 1.53 bits per heavy atom. The Morgan fingerprint density at radius 3 is 2.12 bits per heavy atom. The highest BCUT2D eigenvalue weighted by atomic mass is 79.9. The van der Waals surface area contributed by atoms with Crippen LogP contribution in [0.1, 0.15) is 24.1 Å². The van der Waals surface area contributed by atoms with E-state index >= 15 is 0 Å². The van der Waals surface area contributed by atoms with E-state index in [9.17, 15) is 19.7 Å². The number of fused-ring (bicyclic) bond motifs is 1. The molecule has 0 unspecified atom stereocenters. The predicted molar refractivity (Wildman–Crippen MR) is 129 cm³/mol. The number of hydrogen-bond donors (Lipinski definition) is 0. The fourth-order valence-corrected chi connectivity index (χ4v) is 4.76. The van der Waals surface area contributed by atoms with Crippen molar-refractivity contribution >= 4 is 44.8 Å². The van der Waals surface area contributed by atoms with Crippen LogP contribution in [-0.4, -0.2) is 22.8 Å². The molecule has 172 valence electrons. The highest BCUT2D eigenvalue weighted by Crippen LogP contribution is 2.47.